The molecule has 23 heavy (non-hydrogen) atoms. The quantitative estimate of drug-likeness (QED) is 0.935. The Kier molecular flexibility index (Phi) is 4.80. The van der Waals surface area contributed by atoms with Crippen molar-refractivity contribution in [3.05, 3.63) is 48.0 Å². The molecule has 6 heteroatoms. The summed E-state index contributed by atoms with van der Waals surface area (Å²) in [6.07, 6.45) is 7.46. The molecule has 2 aromatic heterocycles. The molecule has 3 rings (SSSR count). The van der Waals surface area contributed by atoms with Gasteiger partial charge in [0.2, 0.25) is 5.95 Å². The third-order valence-electron chi connectivity index (χ3n) is 4.02. The van der Waals surface area contributed by atoms with Crippen LogP contribution in [-0.4, -0.2) is 33.9 Å². The number of rotatable bonds is 4. The average Bonchev–Trinajstić information content (AvgIpc) is 2.61. The summed E-state index contributed by atoms with van der Waals surface area (Å²) in [6, 6.07) is 5.40. The zero-order valence-electron chi connectivity index (χ0n) is 13.3. The van der Waals surface area contributed by atoms with Crippen LogP contribution in [0.4, 0.5) is 5.95 Å². The fourth-order valence-electron chi connectivity index (χ4n) is 2.77. The third kappa shape index (κ3) is 4.03. The smallest absolute Gasteiger partial charge is 0.270 e. The van der Waals surface area contributed by atoms with Crippen LogP contribution in [0.25, 0.3) is 0 Å². The molecule has 1 aliphatic rings. The molecule has 6 nitrogen and oxygen atoms in total. The maximum absolute atomic E-state index is 12.3. The first-order valence-electron chi connectivity index (χ1n) is 7.97. The van der Waals surface area contributed by atoms with E-state index in [0.29, 0.717) is 24.1 Å². The van der Waals surface area contributed by atoms with E-state index in [2.05, 4.69) is 32.1 Å². The summed E-state index contributed by atoms with van der Waals surface area (Å²) in [5, 5.41) is 2.88. The molecule has 3 heterocycles. The Hall–Kier alpha value is -2.50. The van der Waals surface area contributed by atoms with Gasteiger partial charge in [-0.3, -0.25) is 9.78 Å². The van der Waals surface area contributed by atoms with Crippen molar-refractivity contribution in [1.29, 1.82) is 0 Å². The van der Waals surface area contributed by atoms with Crippen molar-refractivity contribution >= 4 is 11.9 Å². The minimum absolute atomic E-state index is 0.185. The molecule has 1 unspecified atom stereocenters. The summed E-state index contributed by atoms with van der Waals surface area (Å²) in [5.74, 6) is 1.10. The molecule has 1 fully saturated rings. The van der Waals surface area contributed by atoms with Crippen molar-refractivity contribution in [1.82, 2.24) is 20.3 Å². The predicted octanol–water partition coefficient (Wildman–Crippen LogP) is 2.04. The molecule has 1 saturated heterocycles. The van der Waals surface area contributed by atoms with Crippen LogP contribution in [0.5, 0.6) is 0 Å². The van der Waals surface area contributed by atoms with Crippen molar-refractivity contribution in [2.75, 3.05) is 18.0 Å². The van der Waals surface area contributed by atoms with Crippen molar-refractivity contribution in [3.63, 3.8) is 0 Å². The van der Waals surface area contributed by atoms with Gasteiger partial charge in [0, 0.05) is 38.2 Å². The molecule has 1 atom stereocenters. The summed E-state index contributed by atoms with van der Waals surface area (Å²) in [4.78, 5) is 27.2. The predicted molar refractivity (Wildman–Crippen MR) is 88.1 cm³/mol. The molecule has 1 aliphatic heterocycles. The zero-order chi connectivity index (χ0) is 16.1. The first-order chi connectivity index (χ1) is 11.2. The molecule has 0 spiro atoms. The summed E-state index contributed by atoms with van der Waals surface area (Å²) < 4.78 is 0. The molecular weight excluding hydrogens is 290 g/mol. The Bertz CT molecular complexity index is 661. The van der Waals surface area contributed by atoms with Gasteiger partial charge in [0.15, 0.2) is 0 Å². The number of hydrogen-bond donors (Lipinski definition) is 1. The number of hydrogen-bond acceptors (Lipinski definition) is 5. The van der Waals surface area contributed by atoms with E-state index in [1.165, 1.54) is 6.42 Å². The van der Waals surface area contributed by atoms with E-state index in [4.69, 9.17) is 0 Å². The Morgan fingerprint density at radius 1 is 1.30 bits per heavy atom. The molecule has 0 aromatic carbocycles. The second-order valence-corrected chi connectivity index (χ2v) is 5.97. The number of nitrogens with one attached hydrogen (secondary N) is 1. The average molecular weight is 311 g/mol. The highest BCUT2D eigenvalue weighted by Crippen LogP contribution is 2.19. The molecule has 0 radical (unpaired) electrons. The van der Waals surface area contributed by atoms with Crippen LogP contribution < -0.4 is 10.2 Å². The number of nitrogens with zero attached hydrogens (tertiary/aromatic N) is 4. The molecule has 2 aromatic rings. The van der Waals surface area contributed by atoms with Crippen LogP contribution in [0.1, 0.15) is 35.8 Å². The molecule has 1 amide bonds. The van der Waals surface area contributed by atoms with Crippen LogP contribution in [0.3, 0.4) is 0 Å². The lowest BCUT2D eigenvalue weighted by atomic mass is 10.0. The maximum atomic E-state index is 12.3. The van der Waals surface area contributed by atoms with E-state index in [1.54, 1.807) is 24.7 Å². The van der Waals surface area contributed by atoms with E-state index in [-0.39, 0.29) is 5.91 Å². The second-order valence-electron chi connectivity index (χ2n) is 5.97. The summed E-state index contributed by atoms with van der Waals surface area (Å²) in [5.41, 5.74) is 1.41. The lowest BCUT2D eigenvalue weighted by molar-refractivity contribution is 0.0946. The highest BCUT2D eigenvalue weighted by atomic mass is 16.1. The SMILES string of the molecule is CC1CCCN(c2nccc(C(=O)NCc3ccncc3)n2)C1. The highest BCUT2D eigenvalue weighted by Gasteiger charge is 2.19. The molecule has 1 N–H and O–H groups in total. The number of aromatic nitrogens is 3. The lowest BCUT2D eigenvalue weighted by Crippen LogP contribution is -2.36. The number of carbonyl (C=O) groups excluding carboxylic acids is 1. The van der Waals surface area contributed by atoms with Gasteiger partial charge in [0.25, 0.3) is 5.91 Å². The van der Waals surface area contributed by atoms with Gasteiger partial charge in [-0.2, -0.15) is 0 Å². The fraction of sp³-hybridized carbons (Fsp3) is 0.412. The zero-order valence-corrected chi connectivity index (χ0v) is 13.3. The van der Waals surface area contributed by atoms with Gasteiger partial charge in [-0.1, -0.05) is 6.92 Å². The van der Waals surface area contributed by atoms with E-state index < -0.39 is 0 Å². The molecule has 0 aliphatic carbocycles. The highest BCUT2D eigenvalue weighted by molar-refractivity contribution is 5.92. The fourth-order valence-corrected chi connectivity index (χ4v) is 2.77. The molecule has 0 saturated carbocycles. The summed E-state index contributed by atoms with van der Waals surface area (Å²) in [7, 11) is 0. The number of carbonyl (C=O) groups is 1. The van der Waals surface area contributed by atoms with Gasteiger partial charge in [0.05, 0.1) is 0 Å². The minimum atomic E-state index is -0.185. The van der Waals surface area contributed by atoms with Gasteiger partial charge in [-0.15, -0.1) is 0 Å². The third-order valence-corrected chi connectivity index (χ3v) is 4.02. The molecule has 0 bridgehead atoms. The summed E-state index contributed by atoms with van der Waals surface area (Å²) in [6.45, 7) is 4.59. The normalized spacial score (nSPS) is 17.8. The van der Waals surface area contributed by atoms with E-state index >= 15 is 0 Å². The van der Waals surface area contributed by atoms with Crippen molar-refractivity contribution in [2.24, 2.45) is 5.92 Å². The van der Waals surface area contributed by atoms with Crippen molar-refractivity contribution in [2.45, 2.75) is 26.3 Å². The number of amides is 1. The number of piperidine rings is 1. The van der Waals surface area contributed by atoms with Gasteiger partial charge in [-0.25, -0.2) is 9.97 Å². The van der Waals surface area contributed by atoms with Crippen LogP contribution >= 0.6 is 0 Å². The van der Waals surface area contributed by atoms with Gasteiger partial charge >= 0.3 is 0 Å². The van der Waals surface area contributed by atoms with Crippen LogP contribution in [0, 0.1) is 5.92 Å². The second kappa shape index (κ2) is 7.17. The topological polar surface area (TPSA) is 71.0 Å². The lowest BCUT2D eigenvalue weighted by Gasteiger charge is -2.30. The summed E-state index contributed by atoms with van der Waals surface area (Å²) >= 11 is 0. The molecular formula is C17H21N5O. The van der Waals surface area contributed by atoms with Crippen LogP contribution in [-0.2, 0) is 6.54 Å². The maximum Gasteiger partial charge on any atom is 0.270 e. The number of anilines is 1. The largest absolute Gasteiger partial charge is 0.347 e. The van der Waals surface area contributed by atoms with Gasteiger partial charge in [0.1, 0.15) is 5.69 Å². The van der Waals surface area contributed by atoms with E-state index in [0.717, 1.165) is 25.1 Å². The van der Waals surface area contributed by atoms with Crippen molar-refractivity contribution in [3.8, 4) is 0 Å². The monoisotopic (exact) mass is 311 g/mol. The van der Waals surface area contributed by atoms with E-state index in [1.807, 2.05) is 12.1 Å². The first kappa shape index (κ1) is 15.4. The number of pyridine rings is 1. The Morgan fingerprint density at radius 2 is 2.13 bits per heavy atom. The Morgan fingerprint density at radius 3 is 2.91 bits per heavy atom. The standard InChI is InChI=1S/C17H21N5O/c1-13-3-2-10-22(12-13)17-19-9-6-15(21-17)16(23)20-11-14-4-7-18-8-5-14/h4-9,13H,2-3,10-12H2,1H3,(H,20,23). The Labute approximate surface area is 136 Å². The van der Waals surface area contributed by atoms with Crippen molar-refractivity contribution < 1.29 is 4.79 Å². The van der Waals surface area contributed by atoms with Gasteiger partial charge in [-0.05, 0) is 42.5 Å². The van der Waals surface area contributed by atoms with Crippen LogP contribution in [0.15, 0.2) is 36.8 Å². The Balaban J connectivity index is 1.65. The van der Waals surface area contributed by atoms with E-state index in [9.17, 15) is 4.79 Å². The van der Waals surface area contributed by atoms with Gasteiger partial charge < -0.3 is 10.2 Å². The first-order valence-corrected chi connectivity index (χ1v) is 7.97. The minimum Gasteiger partial charge on any atom is -0.347 e. The van der Waals surface area contributed by atoms with Crippen LogP contribution in [0.2, 0.25) is 0 Å². The molecule has 120 valence electrons.